The normalized spacial score (nSPS) is 42.6. The Morgan fingerprint density at radius 3 is 1.73 bits per heavy atom. The van der Waals surface area contributed by atoms with E-state index in [2.05, 4.69) is 30.9 Å². The van der Waals surface area contributed by atoms with Crippen LogP contribution < -0.4 is 4.99 Å². The first-order valence-corrected chi connectivity index (χ1v) is 28.9. The second kappa shape index (κ2) is 6.59. The van der Waals surface area contributed by atoms with Gasteiger partial charge in [0.25, 0.3) is 0 Å². The minimum atomic E-state index is -5.42. The van der Waals surface area contributed by atoms with Gasteiger partial charge in [-0.05, 0) is 76.5 Å². The topological polar surface area (TPSA) is 38.7 Å². The molecule has 4 aliphatic carbocycles. The number of halogens is 6. The number of amidine groups is 1. The van der Waals surface area contributed by atoms with E-state index in [1.807, 2.05) is 11.8 Å². The predicted octanol–water partition coefficient (Wildman–Crippen LogP) is 6.33. The van der Waals surface area contributed by atoms with Crippen LogP contribution in [0.15, 0.2) is 10.2 Å². The van der Waals surface area contributed by atoms with E-state index in [0.29, 0.717) is 0 Å². The van der Waals surface area contributed by atoms with Crippen molar-refractivity contribution in [1.82, 2.24) is 0 Å². The third-order valence-corrected chi connectivity index (χ3v) is 6.80. The number of hydrogen-bond donors (Lipinski definition) is 1. The van der Waals surface area contributed by atoms with Crippen LogP contribution in [0, 0.1) is 23.7 Å². The van der Waals surface area contributed by atoms with E-state index in [4.69, 9.17) is 58.1 Å². The maximum absolute atomic E-state index is 5.42. The molecule has 4 bridgehead atoms. The molecule has 0 aromatic heterocycles. The Morgan fingerprint density at radius 2 is 1.35 bits per heavy atom. The van der Waals surface area contributed by atoms with Gasteiger partial charge in [-0.2, -0.15) is 0 Å². The molecule has 0 radical (unpaired) electrons. The molecular formula is C15H24Cl6N3SSb. The molecule has 152 valence electrons. The van der Waals surface area contributed by atoms with Crippen LogP contribution in [0.1, 0.15) is 52.9 Å². The molecule has 0 atom stereocenters. The first-order valence-electron chi connectivity index (χ1n) is 8.73. The SMILES string of the molecule is CC(C)(C)[NH+]=C1N=NC2(S1)C1CC3CC(C1)CC2C3.[Cl][Sb-]([Cl])([Cl])([Cl])([Cl])[Cl]. The van der Waals surface area contributed by atoms with Gasteiger partial charge in [0.1, 0.15) is 0 Å². The molecule has 11 heteroatoms. The van der Waals surface area contributed by atoms with Crippen LogP contribution in [-0.2, 0) is 0 Å². The van der Waals surface area contributed by atoms with Gasteiger partial charge in [0.05, 0.1) is 10.7 Å². The van der Waals surface area contributed by atoms with Gasteiger partial charge in [-0.1, -0.05) is 5.11 Å². The van der Waals surface area contributed by atoms with E-state index >= 15 is 0 Å². The first kappa shape index (κ1) is 22.9. The molecule has 0 aromatic rings. The van der Waals surface area contributed by atoms with Crippen LogP contribution in [0.3, 0.4) is 0 Å². The molecule has 26 heavy (non-hydrogen) atoms. The van der Waals surface area contributed by atoms with Gasteiger partial charge in [0.15, 0.2) is 4.87 Å². The Labute approximate surface area is 179 Å². The quantitative estimate of drug-likeness (QED) is 0.319. The van der Waals surface area contributed by atoms with Gasteiger partial charge in [-0.25, -0.2) is 0 Å². The summed E-state index contributed by atoms with van der Waals surface area (Å²) in [5.74, 6) is 3.58. The fraction of sp³-hybridized carbons (Fsp3) is 0.933. The van der Waals surface area contributed by atoms with Gasteiger partial charge in [0, 0.05) is 11.8 Å². The molecule has 4 saturated carbocycles. The second-order valence-electron chi connectivity index (χ2n) is 9.00. The van der Waals surface area contributed by atoms with Crippen LogP contribution in [0.25, 0.3) is 0 Å². The third kappa shape index (κ3) is 6.59. The fourth-order valence-corrected chi connectivity index (χ4v) is 6.43. The molecular weight excluding hydrogens is 589 g/mol. The van der Waals surface area contributed by atoms with Crippen molar-refractivity contribution in [1.29, 1.82) is 0 Å². The van der Waals surface area contributed by atoms with Crippen LogP contribution in [0.5, 0.6) is 0 Å². The van der Waals surface area contributed by atoms with E-state index < -0.39 is 9.14 Å². The average molecular weight is 613 g/mol. The first-order chi connectivity index (χ1) is 11.4. The number of azo groups is 1. The molecule has 0 aromatic carbocycles. The summed E-state index contributed by atoms with van der Waals surface area (Å²) in [4.78, 5) is 3.63. The molecule has 0 amide bonds. The molecule has 5 rings (SSSR count). The molecule has 4 fully saturated rings. The zero-order valence-corrected chi connectivity index (χ0v) is 22.8. The average Bonchev–Trinajstić information content (AvgIpc) is 2.74. The van der Waals surface area contributed by atoms with Gasteiger partial charge >= 0.3 is 67.3 Å². The van der Waals surface area contributed by atoms with Crippen molar-refractivity contribution in [2.45, 2.75) is 63.3 Å². The standard InChI is InChI=1S/C15H23N3S.6ClH.Sb/c1-14(2,3)16-13-17-18-15(19-13)11-5-9-4-10(7-11)8-12(15)6-9;;;;;;;/h9-12H,4-8H2,1-3H3;6*1H;/q;;;;;;;+5/p-5. The zero-order valence-electron chi connectivity index (χ0n) is 14.9. The Balaban J connectivity index is 0.000000242. The Hall–Kier alpha value is 2.18. The summed E-state index contributed by atoms with van der Waals surface area (Å²) in [6.45, 7) is 6.58. The van der Waals surface area contributed by atoms with Gasteiger partial charge < -0.3 is 0 Å². The summed E-state index contributed by atoms with van der Waals surface area (Å²) in [6, 6.07) is 0. The molecule has 0 saturated heterocycles. The zero-order chi connectivity index (χ0) is 19.7. The summed E-state index contributed by atoms with van der Waals surface area (Å²) < 4.78 is 0. The Kier molecular flexibility index (Phi) is 5.79. The minimum absolute atomic E-state index is 0.0821. The van der Waals surface area contributed by atoms with E-state index in [9.17, 15) is 0 Å². The van der Waals surface area contributed by atoms with Crippen LogP contribution in [0.4, 0.5) is 0 Å². The summed E-state index contributed by atoms with van der Waals surface area (Å²) in [7, 11) is 25.0. The van der Waals surface area contributed by atoms with E-state index in [1.54, 1.807) is 0 Å². The van der Waals surface area contributed by atoms with E-state index in [1.165, 1.54) is 32.1 Å². The number of thioether (sulfide) groups is 1. The number of nitrogens with one attached hydrogen (secondary N) is 1. The van der Waals surface area contributed by atoms with Crippen LogP contribution in [-0.4, -0.2) is 24.7 Å². The van der Waals surface area contributed by atoms with Crippen molar-refractivity contribution in [2.24, 2.45) is 33.9 Å². The van der Waals surface area contributed by atoms with E-state index in [0.717, 1.165) is 28.8 Å². The molecule has 1 heterocycles. The molecule has 3 nitrogen and oxygen atoms in total. The van der Waals surface area contributed by atoms with Crippen LogP contribution in [0.2, 0.25) is 0 Å². The van der Waals surface area contributed by atoms with Crippen LogP contribution >= 0.6 is 64.7 Å². The monoisotopic (exact) mass is 609 g/mol. The number of nitrogens with zero attached hydrogens (tertiary/aromatic N) is 2. The third-order valence-electron chi connectivity index (χ3n) is 5.35. The van der Waals surface area contributed by atoms with Crippen molar-refractivity contribution in [3.8, 4) is 0 Å². The molecule has 1 aliphatic heterocycles. The van der Waals surface area contributed by atoms with Crippen molar-refractivity contribution in [2.75, 3.05) is 0 Å². The Morgan fingerprint density at radius 1 is 0.923 bits per heavy atom. The van der Waals surface area contributed by atoms with Crippen molar-refractivity contribution in [3.05, 3.63) is 0 Å². The Bertz CT molecular complexity index is 613. The van der Waals surface area contributed by atoms with Crippen molar-refractivity contribution >= 4 is 79.0 Å². The molecule has 0 unspecified atom stereocenters. The summed E-state index contributed by atoms with van der Waals surface area (Å²) in [5.41, 5.74) is 0.0821. The number of hydrogen-bond acceptors (Lipinski definition) is 2. The number of rotatable bonds is 0. The molecule has 5 aliphatic rings. The second-order valence-corrected chi connectivity index (χ2v) is 67.1. The van der Waals surface area contributed by atoms with Gasteiger partial charge in [-0.15, -0.1) is 0 Å². The summed E-state index contributed by atoms with van der Waals surface area (Å²) in [5, 5.41) is 10.4. The molecule has 1 N–H and O–H groups in total. The molecule has 1 spiro atoms. The van der Waals surface area contributed by atoms with Crippen molar-refractivity contribution in [3.63, 3.8) is 0 Å². The van der Waals surface area contributed by atoms with Crippen molar-refractivity contribution < 1.29 is 4.99 Å². The summed E-state index contributed by atoms with van der Waals surface area (Å²) >= 11 is 1.95. The van der Waals surface area contributed by atoms with Gasteiger partial charge in [0.2, 0.25) is 0 Å². The summed E-state index contributed by atoms with van der Waals surface area (Å²) in [6.07, 6.45) is 7.12. The maximum atomic E-state index is 5.06. The predicted molar refractivity (Wildman–Crippen MR) is 119 cm³/mol. The van der Waals surface area contributed by atoms with E-state index in [-0.39, 0.29) is 10.4 Å². The van der Waals surface area contributed by atoms with Gasteiger partial charge in [-0.3, -0.25) is 4.99 Å². The fourth-order valence-electron chi connectivity index (χ4n) is 4.88.